The van der Waals surface area contributed by atoms with E-state index in [0.717, 1.165) is 6.07 Å². The first-order valence-corrected chi connectivity index (χ1v) is 6.09. The lowest BCUT2D eigenvalue weighted by Gasteiger charge is -2.16. The Labute approximate surface area is 123 Å². The Hall–Kier alpha value is -2.38. The van der Waals surface area contributed by atoms with Crippen LogP contribution in [0, 0.1) is 5.82 Å². The van der Waals surface area contributed by atoms with Crippen molar-refractivity contribution in [2.24, 2.45) is 0 Å². The molecule has 0 aromatic heterocycles. The molecule has 1 aromatic rings. The highest BCUT2D eigenvalue weighted by molar-refractivity contribution is 5.93. The average molecular weight is 319 g/mol. The molecule has 120 valence electrons. The summed E-state index contributed by atoms with van der Waals surface area (Å²) in [7, 11) is 0. The molecule has 2 N–H and O–H groups in total. The van der Waals surface area contributed by atoms with Gasteiger partial charge in [-0.3, -0.25) is 4.79 Å². The van der Waals surface area contributed by atoms with Gasteiger partial charge in [-0.25, -0.2) is 9.18 Å². The van der Waals surface area contributed by atoms with Gasteiger partial charge in [0.05, 0.1) is 18.0 Å². The molecule has 1 amide bonds. The second-order valence-corrected chi connectivity index (χ2v) is 4.61. The number of carboxylic acids is 1. The molecule has 4 nitrogen and oxygen atoms in total. The summed E-state index contributed by atoms with van der Waals surface area (Å²) in [5, 5.41) is 10.9. The zero-order valence-electron chi connectivity index (χ0n) is 11.5. The molecule has 0 radical (unpaired) electrons. The number of amides is 1. The average Bonchev–Trinajstić information content (AvgIpc) is 2.36. The summed E-state index contributed by atoms with van der Waals surface area (Å²) in [6.07, 6.45) is -5.27. The number of nitrogens with one attached hydrogen (secondary N) is 1. The summed E-state index contributed by atoms with van der Waals surface area (Å²) in [6, 6.07) is 1.53. The number of aliphatic carboxylic acids is 1. The summed E-state index contributed by atoms with van der Waals surface area (Å²) in [5.41, 5.74) is -1.60. The van der Waals surface area contributed by atoms with Gasteiger partial charge in [-0.05, 0) is 24.6 Å². The fourth-order valence-corrected chi connectivity index (χ4v) is 1.68. The van der Waals surface area contributed by atoms with E-state index in [-0.39, 0.29) is 11.1 Å². The van der Waals surface area contributed by atoms with Gasteiger partial charge in [0.15, 0.2) is 0 Å². The van der Waals surface area contributed by atoms with E-state index in [0.29, 0.717) is 12.1 Å². The van der Waals surface area contributed by atoms with Crippen LogP contribution in [0.5, 0.6) is 0 Å². The van der Waals surface area contributed by atoms with Gasteiger partial charge < -0.3 is 10.4 Å². The van der Waals surface area contributed by atoms with Gasteiger partial charge in [0.1, 0.15) is 5.82 Å². The van der Waals surface area contributed by atoms with E-state index in [1.54, 1.807) is 0 Å². The highest BCUT2D eigenvalue weighted by Crippen LogP contribution is 2.32. The Bertz CT molecular complexity index is 611. The van der Waals surface area contributed by atoms with Crippen LogP contribution >= 0.6 is 0 Å². The Balaban J connectivity index is 2.80. The molecule has 1 atom stereocenters. The standard InChI is InChI=1S/C14H13F4NO3/c1-7(13(21)22)5-12(20)19-8(2)9-3-4-10(11(15)6-9)14(16,17)18/h3-4,6,8H,1,5H2,2H3,(H,19,20)(H,21,22)/t8-/m0/s1. The van der Waals surface area contributed by atoms with E-state index < -0.39 is 41.9 Å². The van der Waals surface area contributed by atoms with Crippen LogP contribution in [0.2, 0.25) is 0 Å². The highest BCUT2D eigenvalue weighted by Gasteiger charge is 2.34. The van der Waals surface area contributed by atoms with Gasteiger partial charge in [0.25, 0.3) is 0 Å². The van der Waals surface area contributed by atoms with Crippen molar-refractivity contribution in [1.29, 1.82) is 0 Å². The minimum atomic E-state index is -4.80. The molecule has 1 aromatic carbocycles. The minimum Gasteiger partial charge on any atom is -0.478 e. The zero-order valence-corrected chi connectivity index (χ0v) is 11.5. The molecular weight excluding hydrogens is 306 g/mol. The molecule has 0 saturated heterocycles. The number of alkyl halides is 3. The van der Waals surface area contributed by atoms with Crippen LogP contribution in [0.25, 0.3) is 0 Å². The third-order valence-electron chi connectivity index (χ3n) is 2.85. The van der Waals surface area contributed by atoms with E-state index in [2.05, 4.69) is 11.9 Å². The fourth-order valence-electron chi connectivity index (χ4n) is 1.68. The molecule has 0 unspecified atom stereocenters. The summed E-state index contributed by atoms with van der Waals surface area (Å²) in [6.45, 7) is 4.62. The summed E-state index contributed by atoms with van der Waals surface area (Å²) >= 11 is 0. The second kappa shape index (κ2) is 6.59. The van der Waals surface area contributed by atoms with Crippen molar-refractivity contribution in [2.75, 3.05) is 0 Å². The van der Waals surface area contributed by atoms with E-state index in [1.807, 2.05) is 0 Å². The van der Waals surface area contributed by atoms with Crippen LogP contribution in [0.3, 0.4) is 0 Å². The lowest BCUT2D eigenvalue weighted by atomic mass is 10.0. The van der Waals surface area contributed by atoms with Crippen molar-refractivity contribution in [3.63, 3.8) is 0 Å². The maximum Gasteiger partial charge on any atom is 0.419 e. The monoisotopic (exact) mass is 319 g/mol. The first-order chi connectivity index (χ1) is 10.0. The van der Waals surface area contributed by atoms with Crippen molar-refractivity contribution < 1.29 is 32.3 Å². The third-order valence-corrected chi connectivity index (χ3v) is 2.85. The van der Waals surface area contributed by atoms with Gasteiger partial charge in [0.2, 0.25) is 5.91 Å². The van der Waals surface area contributed by atoms with Crippen LogP contribution in [0.15, 0.2) is 30.4 Å². The summed E-state index contributed by atoms with van der Waals surface area (Å²) < 4.78 is 50.7. The molecule has 0 aliphatic rings. The van der Waals surface area contributed by atoms with Crippen molar-refractivity contribution in [3.05, 3.63) is 47.3 Å². The number of carbonyl (C=O) groups excluding carboxylic acids is 1. The molecule has 1 rings (SSSR count). The van der Waals surface area contributed by atoms with Crippen molar-refractivity contribution in [1.82, 2.24) is 5.32 Å². The Kier molecular flexibility index (Phi) is 5.29. The number of rotatable bonds is 5. The van der Waals surface area contributed by atoms with Crippen LogP contribution in [0.4, 0.5) is 17.6 Å². The minimum absolute atomic E-state index is 0.125. The van der Waals surface area contributed by atoms with Crippen LogP contribution in [0.1, 0.15) is 30.5 Å². The maximum absolute atomic E-state index is 13.4. The number of halogens is 4. The molecular formula is C14H13F4NO3. The number of hydrogen-bond acceptors (Lipinski definition) is 2. The van der Waals surface area contributed by atoms with Crippen molar-refractivity contribution >= 4 is 11.9 Å². The topological polar surface area (TPSA) is 66.4 Å². The fraction of sp³-hybridized carbons (Fsp3) is 0.286. The molecule has 0 bridgehead atoms. The third kappa shape index (κ3) is 4.57. The number of carbonyl (C=O) groups is 2. The molecule has 0 aliphatic carbocycles. The van der Waals surface area contributed by atoms with E-state index in [9.17, 15) is 27.2 Å². The molecule has 8 heteroatoms. The zero-order chi connectivity index (χ0) is 17.1. The quantitative estimate of drug-likeness (QED) is 0.647. The van der Waals surface area contributed by atoms with Gasteiger partial charge in [-0.2, -0.15) is 13.2 Å². The molecule has 0 saturated carbocycles. The number of benzene rings is 1. The first-order valence-electron chi connectivity index (χ1n) is 6.09. The molecule has 22 heavy (non-hydrogen) atoms. The van der Waals surface area contributed by atoms with Crippen molar-refractivity contribution in [3.8, 4) is 0 Å². The largest absolute Gasteiger partial charge is 0.478 e. The predicted molar refractivity (Wildman–Crippen MR) is 69.4 cm³/mol. The van der Waals surface area contributed by atoms with Crippen LogP contribution in [-0.4, -0.2) is 17.0 Å². The van der Waals surface area contributed by atoms with Gasteiger partial charge in [-0.1, -0.05) is 12.6 Å². The predicted octanol–water partition coefficient (Wildman–Crippen LogP) is 3.05. The number of hydrogen-bond donors (Lipinski definition) is 2. The summed E-state index contributed by atoms with van der Waals surface area (Å²) in [5.74, 6) is -3.45. The lowest BCUT2D eigenvalue weighted by molar-refractivity contribution is -0.140. The maximum atomic E-state index is 13.4. The first kappa shape index (κ1) is 17.7. The van der Waals surface area contributed by atoms with Gasteiger partial charge in [-0.15, -0.1) is 0 Å². The Morgan fingerprint density at radius 3 is 2.41 bits per heavy atom. The molecule has 0 heterocycles. The number of carboxylic acid groups (broad SMARTS) is 1. The molecule has 0 fully saturated rings. The Morgan fingerprint density at radius 1 is 1.36 bits per heavy atom. The molecule has 0 spiro atoms. The van der Waals surface area contributed by atoms with E-state index in [4.69, 9.17) is 5.11 Å². The van der Waals surface area contributed by atoms with Crippen molar-refractivity contribution in [2.45, 2.75) is 25.6 Å². The normalized spacial score (nSPS) is 12.6. The van der Waals surface area contributed by atoms with Gasteiger partial charge >= 0.3 is 12.1 Å². The highest BCUT2D eigenvalue weighted by atomic mass is 19.4. The van der Waals surface area contributed by atoms with Crippen LogP contribution < -0.4 is 5.32 Å². The SMILES string of the molecule is C=C(CC(=O)N[C@@H](C)c1ccc(C(F)(F)F)c(F)c1)C(=O)O. The van der Waals surface area contributed by atoms with Crippen LogP contribution in [-0.2, 0) is 15.8 Å². The van der Waals surface area contributed by atoms with E-state index in [1.165, 1.54) is 6.92 Å². The lowest BCUT2D eigenvalue weighted by Crippen LogP contribution is -2.27. The smallest absolute Gasteiger partial charge is 0.419 e. The van der Waals surface area contributed by atoms with Gasteiger partial charge in [0, 0.05) is 5.57 Å². The second-order valence-electron chi connectivity index (χ2n) is 4.61. The molecule has 0 aliphatic heterocycles. The Morgan fingerprint density at radius 2 is 1.95 bits per heavy atom. The summed E-state index contributed by atoms with van der Waals surface area (Å²) in [4.78, 5) is 22.1. The van der Waals surface area contributed by atoms with E-state index >= 15 is 0 Å².